The number of fused-ring (bicyclic) bond motifs is 3. The van der Waals surface area contributed by atoms with Gasteiger partial charge in [-0.2, -0.15) is 0 Å². The van der Waals surface area contributed by atoms with Gasteiger partial charge in [0.25, 0.3) is 0 Å². The molecule has 4 aromatic heterocycles. The molecular weight excluding hydrogens is 795 g/mol. The Balaban J connectivity index is 0.000000188. The van der Waals surface area contributed by atoms with Gasteiger partial charge in [0.2, 0.25) is 5.71 Å². The minimum Gasteiger partial charge on any atom is -0.486 e. The Kier molecular flexibility index (Phi) is 11.1. The molecule has 0 amide bonds. The number of hydrogen-bond acceptors (Lipinski definition) is 4. The van der Waals surface area contributed by atoms with Crippen LogP contribution in [0.15, 0.2) is 114 Å². The van der Waals surface area contributed by atoms with Crippen molar-refractivity contribution in [3.05, 3.63) is 144 Å². The summed E-state index contributed by atoms with van der Waals surface area (Å²) in [5.41, 5.74) is 10.5. The summed E-state index contributed by atoms with van der Waals surface area (Å²) in [6.45, 7) is 15.8. The van der Waals surface area contributed by atoms with E-state index in [9.17, 15) is 0 Å². The number of hydrogen-bond donors (Lipinski definition) is 0. The van der Waals surface area contributed by atoms with Gasteiger partial charge in [0.15, 0.2) is 0 Å². The van der Waals surface area contributed by atoms with Crippen LogP contribution in [0.1, 0.15) is 43.2 Å². The summed E-state index contributed by atoms with van der Waals surface area (Å²) < 4.78 is 6.08. The number of pyridine rings is 3. The Morgan fingerprint density at radius 2 is 1.53 bits per heavy atom. The van der Waals surface area contributed by atoms with Crippen molar-refractivity contribution in [1.82, 2.24) is 15.0 Å². The van der Waals surface area contributed by atoms with Crippen LogP contribution in [0.4, 0.5) is 0 Å². The smallest absolute Gasteiger partial charge is 0.216 e. The average Bonchev–Trinajstić information content (AvgIpc) is 3.42. The van der Waals surface area contributed by atoms with E-state index in [-0.39, 0.29) is 25.5 Å². The van der Waals surface area contributed by atoms with Crippen LogP contribution in [0.5, 0.6) is 0 Å². The molecule has 0 unspecified atom stereocenters. The van der Waals surface area contributed by atoms with Gasteiger partial charge in [-0.05, 0) is 65.5 Å². The zero-order valence-electron chi connectivity index (χ0n) is 29.4. The largest absolute Gasteiger partial charge is 0.486 e. The first-order valence-electron chi connectivity index (χ1n) is 16.6. The van der Waals surface area contributed by atoms with Crippen molar-refractivity contribution in [2.45, 2.75) is 60.2 Å². The minimum atomic E-state index is -1.43. The van der Waals surface area contributed by atoms with Gasteiger partial charge in [-0.1, -0.05) is 105 Å². The van der Waals surface area contributed by atoms with Gasteiger partial charge in [-0.15, -0.1) is 54.1 Å². The molecule has 7 aromatic rings. The first-order chi connectivity index (χ1) is 22.9. The van der Waals surface area contributed by atoms with E-state index in [4.69, 9.17) is 9.40 Å². The monoisotopic (exact) mass is 838 g/mol. The molecule has 0 aliphatic rings. The Labute approximate surface area is 305 Å². The first kappa shape index (κ1) is 36.1. The first-order valence-corrected chi connectivity index (χ1v) is 20.1. The minimum absolute atomic E-state index is 0. The molecule has 0 N–H and O–H groups in total. The van der Waals surface area contributed by atoms with E-state index in [1.807, 2.05) is 49.5 Å². The second-order valence-corrected chi connectivity index (χ2v) is 19.7. The zero-order chi connectivity index (χ0) is 33.9. The molecular formula is C43H43IrN3OSi-2. The zero-order valence-corrected chi connectivity index (χ0v) is 32.8. The summed E-state index contributed by atoms with van der Waals surface area (Å²) in [4.78, 5) is 13.8. The van der Waals surface area contributed by atoms with Gasteiger partial charge in [-0.3, -0.25) is 0 Å². The van der Waals surface area contributed by atoms with Crippen molar-refractivity contribution in [2.75, 3.05) is 0 Å². The van der Waals surface area contributed by atoms with E-state index in [2.05, 4.69) is 129 Å². The van der Waals surface area contributed by atoms with Crippen LogP contribution in [0.2, 0.25) is 19.6 Å². The van der Waals surface area contributed by atoms with E-state index in [0.29, 0.717) is 5.71 Å². The van der Waals surface area contributed by atoms with Crippen molar-refractivity contribution < 1.29 is 24.5 Å². The SMILES string of the molecule is C[Si](C)(C)c1cnc(-c2[c-]cccc2)cc1Cc1ccccc1.Cc1ccc2c(n1)oc1c(-c3cc(CC(C)(C)C)ccn3)[c-]ccc12.[Ir]. The molecule has 0 bridgehead atoms. The van der Waals surface area contributed by atoms with Crippen molar-refractivity contribution >= 4 is 35.3 Å². The number of aryl methyl sites for hydroxylation is 1. The summed E-state index contributed by atoms with van der Waals surface area (Å²) in [6, 6.07) is 39.8. The predicted octanol–water partition coefficient (Wildman–Crippen LogP) is 10.4. The molecule has 0 aliphatic carbocycles. The van der Waals surface area contributed by atoms with Crippen LogP contribution in [-0.4, -0.2) is 23.0 Å². The predicted molar refractivity (Wildman–Crippen MR) is 202 cm³/mol. The van der Waals surface area contributed by atoms with E-state index in [0.717, 1.165) is 57.4 Å². The number of aromatic nitrogens is 3. The summed E-state index contributed by atoms with van der Waals surface area (Å²) in [5, 5.41) is 3.53. The molecule has 0 saturated heterocycles. The summed E-state index contributed by atoms with van der Waals surface area (Å²) in [7, 11) is -1.43. The Morgan fingerprint density at radius 1 is 0.755 bits per heavy atom. The molecule has 0 spiro atoms. The van der Waals surface area contributed by atoms with Crippen molar-refractivity contribution in [3.63, 3.8) is 0 Å². The molecule has 0 fully saturated rings. The summed E-state index contributed by atoms with van der Waals surface area (Å²) >= 11 is 0. The van der Waals surface area contributed by atoms with Crippen LogP contribution in [-0.2, 0) is 32.9 Å². The molecule has 6 heteroatoms. The quantitative estimate of drug-likeness (QED) is 0.124. The van der Waals surface area contributed by atoms with E-state index in [1.165, 1.54) is 21.9 Å². The second-order valence-electron chi connectivity index (χ2n) is 14.7. The molecule has 7 rings (SSSR count). The maximum absolute atomic E-state index is 6.08. The molecule has 3 aromatic carbocycles. The molecule has 49 heavy (non-hydrogen) atoms. The van der Waals surface area contributed by atoms with Crippen LogP contribution in [0.25, 0.3) is 44.6 Å². The van der Waals surface area contributed by atoms with Crippen molar-refractivity contribution in [3.8, 4) is 22.5 Å². The van der Waals surface area contributed by atoms with Gasteiger partial charge in [0.05, 0.1) is 13.7 Å². The molecule has 0 saturated carbocycles. The van der Waals surface area contributed by atoms with Gasteiger partial charge < -0.3 is 14.4 Å². The molecule has 0 aliphatic heterocycles. The maximum atomic E-state index is 6.08. The Morgan fingerprint density at radius 3 is 2.24 bits per heavy atom. The van der Waals surface area contributed by atoms with Gasteiger partial charge in [0, 0.05) is 43.6 Å². The van der Waals surface area contributed by atoms with Crippen LogP contribution in [0, 0.1) is 24.5 Å². The molecule has 1 radical (unpaired) electrons. The van der Waals surface area contributed by atoms with E-state index >= 15 is 0 Å². The summed E-state index contributed by atoms with van der Waals surface area (Å²) in [6.07, 6.45) is 5.93. The van der Waals surface area contributed by atoms with Gasteiger partial charge in [-0.25, -0.2) is 4.98 Å². The third kappa shape index (κ3) is 8.88. The maximum Gasteiger partial charge on any atom is 0.216 e. The normalized spacial score (nSPS) is 11.6. The molecule has 0 atom stereocenters. The second kappa shape index (κ2) is 15.1. The topological polar surface area (TPSA) is 51.8 Å². The van der Waals surface area contributed by atoms with Crippen molar-refractivity contribution in [2.24, 2.45) is 5.41 Å². The number of nitrogens with zero attached hydrogens (tertiary/aromatic N) is 3. The van der Waals surface area contributed by atoms with Crippen LogP contribution in [0.3, 0.4) is 0 Å². The molecule has 251 valence electrons. The van der Waals surface area contributed by atoms with Gasteiger partial charge in [0.1, 0.15) is 0 Å². The summed E-state index contributed by atoms with van der Waals surface area (Å²) in [5.74, 6) is 0. The van der Waals surface area contributed by atoms with Crippen LogP contribution >= 0.6 is 0 Å². The van der Waals surface area contributed by atoms with E-state index in [1.54, 1.807) is 0 Å². The van der Waals surface area contributed by atoms with Gasteiger partial charge >= 0.3 is 0 Å². The number of benzene rings is 3. The third-order valence-electron chi connectivity index (χ3n) is 8.27. The third-order valence-corrected chi connectivity index (χ3v) is 10.3. The fourth-order valence-electron chi connectivity index (χ4n) is 6.07. The average molecular weight is 838 g/mol. The fourth-order valence-corrected chi connectivity index (χ4v) is 7.65. The van der Waals surface area contributed by atoms with Crippen molar-refractivity contribution in [1.29, 1.82) is 0 Å². The van der Waals surface area contributed by atoms with E-state index < -0.39 is 8.07 Å². The number of furan rings is 1. The molecule has 4 heterocycles. The Hall–Kier alpha value is -4.22. The number of rotatable bonds is 6. The van der Waals surface area contributed by atoms with Crippen LogP contribution < -0.4 is 5.19 Å². The molecule has 4 nitrogen and oxygen atoms in total. The Bertz CT molecular complexity index is 2160. The standard InChI is InChI=1S/C22H21N2O.C21H22NSi.Ir/c1-14-8-9-17-16-6-5-7-18(20(16)25-21(17)24-14)19-12-15(10-11-23-19)13-22(2,3)4;1-23(2,3)21-16-22-20(18-12-8-5-9-13-18)15-19(21)14-17-10-6-4-7-11-17;/h5-6,8-12H,13H2,1-4H3;4-12,15-16H,14H2,1-3H3;/q2*-1;. The fraction of sp³-hybridized carbons (Fsp3) is 0.233.